The molecular weight excluding hydrogens is 442 g/mol. The summed E-state index contributed by atoms with van der Waals surface area (Å²) in [6.07, 6.45) is 0. The Labute approximate surface area is 212 Å². The number of benzene rings is 5. The van der Waals surface area contributed by atoms with Gasteiger partial charge >= 0.3 is 0 Å². The van der Waals surface area contributed by atoms with Crippen molar-refractivity contribution < 1.29 is 0 Å². The van der Waals surface area contributed by atoms with Crippen LogP contribution in [0.15, 0.2) is 137 Å². The first-order valence-electron chi connectivity index (χ1n) is 12.0. The highest BCUT2D eigenvalue weighted by Gasteiger charge is 2.33. The van der Waals surface area contributed by atoms with Crippen LogP contribution < -0.4 is 4.90 Å². The van der Waals surface area contributed by atoms with Crippen LogP contribution in [-0.2, 0) is 5.41 Å². The molecule has 1 aliphatic rings. The number of rotatable bonds is 4. The standard InChI is InChI=1S/C33H27NS/c1-33(2)29-15-9-10-16-31(29)35-32-22-19-25(23-30(32)33)24-17-20-28(21-18-24)34(26-11-5-3-6-12-26)27-13-7-4-8-14-27/h3-23H,1-2H3. The number of anilines is 3. The smallest absolute Gasteiger partial charge is 0.0462 e. The van der Waals surface area contributed by atoms with Crippen molar-refractivity contribution in [2.75, 3.05) is 4.90 Å². The first kappa shape index (κ1) is 21.8. The first-order valence-corrected chi connectivity index (χ1v) is 12.9. The van der Waals surface area contributed by atoms with Crippen LogP contribution in [0.25, 0.3) is 11.1 Å². The number of para-hydroxylation sites is 2. The molecule has 0 aromatic heterocycles. The van der Waals surface area contributed by atoms with Crippen molar-refractivity contribution in [1.82, 2.24) is 0 Å². The number of fused-ring (bicyclic) bond motifs is 2. The zero-order valence-corrected chi connectivity index (χ0v) is 20.8. The molecule has 5 aromatic rings. The lowest BCUT2D eigenvalue weighted by atomic mass is 9.77. The summed E-state index contributed by atoms with van der Waals surface area (Å²) < 4.78 is 0. The van der Waals surface area contributed by atoms with Crippen molar-refractivity contribution in [2.24, 2.45) is 0 Å². The van der Waals surface area contributed by atoms with Crippen LogP contribution in [0.4, 0.5) is 17.1 Å². The highest BCUT2D eigenvalue weighted by molar-refractivity contribution is 7.99. The molecule has 0 saturated heterocycles. The lowest BCUT2D eigenvalue weighted by Gasteiger charge is -2.35. The fourth-order valence-electron chi connectivity index (χ4n) is 5.03. The van der Waals surface area contributed by atoms with Gasteiger partial charge in [0.05, 0.1) is 0 Å². The normalized spacial score (nSPS) is 13.5. The molecule has 1 aliphatic heterocycles. The van der Waals surface area contributed by atoms with Gasteiger partial charge in [0, 0.05) is 32.3 Å². The van der Waals surface area contributed by atoms with Gasteiger partial charge in [-0.1, -0.05) is 98.4 Å². The van der Waals surface area contributed by atoms with Gasteiger partial charge in [-0.25, -0.2) is 0 Å². The summed E-state index contributed by atoms with van der Waals surface area (Å²) in [5.74, 6) is 0. The van der Waals surface area contributed by atoms with Crippen LogP contribution in [0.1, 0.15) is 25.0 Å². The van der Waals surface area contributed by atoms with Gasteiger partial charge in [-0.05, 0) is 76.9 Å². The molecule has 0 fully saturated rings. The summed E-state index contributed by atoms with van der Waals surface area (Å²) in [5, 5.41) is 0. The summed E-state index contributed by atoms with van der Waals surface area (Å²) >= 11 is 1.88. The predicted octanol–water partition coefficient (Wildman–Crippen LogP) is 9.61. The van der Waals surface area contributed by atoms with Crippen LogP contribution in [0.2, 0.25) is 0 Å². The predicted molar refractivity (Wildman–Crippen MR) is 149 cm³/mol. The highest BCUT2D eigenvalue weighted by atomic mass is 32.2. The third-order valence-corrected chi connectivity index (χ3v) is 8.07. The van der Waals surface area contributed by atoms with E-state index in [2.05, 4.69) is 146 Å². The molecule has 5 aromatic carbocycles. The Morgan fingerprint density at radius 3 is 1.66 bits per heavy atom. The number of hydrogen-bond acceptors (Lipinski definition) is 2. The summed E-state index contributed by atoms with van der Waals surface area (Å²) in [5.41, 5.74) is 8.73. The molecule has 0 spiro atoms. The van der Waals surface area contributed by atoms with Gasteiger partial charge in [0.15, 0.2) is 0 Å². The van der Waals surface area contributed by atoms with Crippen molar-refractivity contribution >= 4 is 28.8 Å². The molecule has 0 unspecified atom stereocenters. The first-order chi connectivity index (χ1) is 17.1. The SMILES string of the molecule is CC1(C)c2ccccc2Sc2ccc(-c3ccc(N(c4ccccc4)c4ccccc4)cc3)cc21. The fraction of sp³-hybridized carbons (Fsp3) is 0.0909. The summed E-state index contributed by atoms with van der Waals surface area (Å²) in [6.45, 7) is 4.68. The van der Waals surface area contributed by atoms with Gasteiger partial charge in [0.25, 0.3) is 0 Å². The van der Waals surface area contributed by atoms with E-state index in [4.69, 9.17) is 0 Å². The molecule has 1 nitrogen and oxygen atoms in total. The largest absolute Gasteiger partial charge is 0.311 e. The van der Waals surface area contributed by atoms with Gasteiger partial charge in [-0.15, -0.1) is 0 Å². The van der Waals surface area contributed by atoms with Crippen molar-refractivity contribution in [2.45, 2.75) is 29.1 Å². The zero-order valence-electron chi connectivity index (χ0n) is 20.0. The maximum absolute atomic E-state index is 2.39. The van der Waals surface area contributed by atoms with Gasteiger partial charge < -0.3 is 4.90 Å². The fourth-order valence-corrected chi connectivity index (χ4v) is 6.40. The molecule has 0 radical (unpaired) electrons. The minimum Gasteiger partial charge on any atom is -0.311 e. The Balaban J connectivity index is 1.37. The van der Waals surface area contributed by atoms with E-state index < -0.39 is 0 Å². The summed E-state index contributed by atoms with van der Waals surface area (Å²) in [4.78, 5) is 5.02. The Hall–Kier alpha value is -3.75. The van der Waals surface area contributed by atoms with E-state index in [9.17, 15) is 0 Å². The molecule has 0 bridgehead atoms. The molecule has 170 valence electrons. The molecule has 0 N–H and O–H groups in total. The molecule has 2 heteroatoms. The summed E-state index contributed by atoms with van der Waals surface area (Å²) in [7, 11) is 0. The van der Waals surface area contributed by atoms with E-state index in [0.717, 1.165) is 17.1 Å². The highest BCUT2D eigenvalue weighted by Crippen LogP contribution is 2.49. The van der Waals surface area contributed by atoms with Crippen LogP contribution in [0, 0.1) is 0 Å². The maximum atomic E-state index is 2.39. The Morgan fingerprint density at radius 2 is 1.00 bits per heavy atom. The Bertz CT molecular complexity index is 1430. The van der Waals surface area contributed by atoms with Crippen molar-refractivity contribution in [3.05, 3.63) is 139 Å². The van der Waals surface area contributed by atoms with E-state index in [1.54, 1.807) is 0 Å². The number of hydrogen-bond donors (Lipinski definition) is 0. The van der Waals surface area contributed by atoms with Crippen molar-refractivity contribution in [1.29, 1.82) is 0 Å². The zero-order chi connectivity index (χ0) is 23.8. The molecule has 0 atom stereocenters. The van der Waals surface area contributed by atoms with E-state index >= 15 is 0 Å². The minimum atomic E-state index is -0.0233. The lowest BCUT2D eigenvalue weighted by molar-refractivity contribution is 0.607. The second kappa shape index (κ2) is 8.79. The number of nitrogens with zero attached hydrogens (tertiary/aromatic N) is 1. The monoisotopic (exact) mass is 469 g/mol. The van der Waals surface area contributed by atoms with Crippen LogP contribution in [0.5, 0.6) is 0 Å². The lowest BCUT2D eigenvalue weighted by Crippen LogP contribution is -2.23. The van der Waals surface area contributed by atoms with Crippen molar-refractivity contribution in [3.8, 4) is 11.1 Å². The molecule has 35 heavy (non-hydrogen) atoms. The third kappa shape index (κ3) is 3.94. The molecule has 0 aliphatic carbocycles. The van der Waals surface area contributed by atoms with Gasteiger partial charge in [0.1, 0.15) is 0 Å². The molecule has 1 heterocycles. The van der Waals surface area contributed by atoms with Gasteiger partial charge in [-0.2, -0.15) is 0 Å². The van der Waals surface area contributed by atoms with Gasteiger partial charge in [-0.3, -0.25) is 0 Å². The second-order valence-corrected chi connectivity index (χ2v) is 10.6. The average molecular weight is 470 g/mol. The maximum Gasteiger partial charge on any atom is 0.0462 e. The molecular formula is C33H27NS. The van der Waals surface area contributed by atoms with Crippen LogP contribution in [0.3, 0.4) is 0 Å². The third-order valence-electron chi connectivity index (χ3n) is 6.92. The Morgan fingerprint density at radius 1 is 0.486 bits per heavy atom. The quantitative estimate of drug-likeness (QED) is 0.258. The van der Waals surface area contributed by atoms with Gasteiger partial charge in [0.2, 0.25) is 0 Å². The van der Waals surface area contributed by atoms with E-state index in [1.165, 1.54) is 32.0 Å². The van der Waals surface area contributed by atoms with Crippen molar-refractivity contribution in [3.63, 3.8) is 0 Å². The van der Waals surface area contributed by atoms with E-state index in [1.807, 2.05) is 11.8 Å². The minimum absolute atomic E-state index is 0.0233. The second-order valence-electron chi connectivity index (χ2n) is 9.49. The summed E-state index contributed by atoms with van der Waals surface area (Å²) in [6, 6.07) is 45.8. The molecule has 0 amide bonds. The van der Waals surface area contributed by atoms with Crippen LogP contribution >= 0.6 is 11.8 Å². The molecule has 0 saturated carbocycles. The molecule has 6 rings (SSSR count). The van der Waals surface area contributed by atoms with E-state index in [0.29, 0.717) is 0 Å². The Kier molecular flexibility index (Phi) is 5.47. The average Bonchev–Trinajstić information content (AvgIpc) is 2.91. The van der Waals surface area contributed by atoms with E-state index in [-0.39, 0.29) is 5.41 Å². The topological polar surface area (TPSA) is 3.24 Å². The van der Waals surface area contributed by atoms with Crippen LogP contribution in [-0.4, -0.2) is 0 Å².